The molecule has 218 valence electrons. The van der Waals surface area contributed by atoms with Crippen molar-refractivity contribution in [2.75, 3.05) is 17.2 Å². The number of anilines is 1. The van der Waals surface area contributed by atoms with E-state index in [1.54, 1.807) is 0 Å². The second-order valence-corrected chi connectivity index (χ2v) is 12.3. The van der Waals surface area contributed by atoms with Crippen LogP contribution in [0.2, 0.25) is 0 Å². The number of oxime groups is 1. The van der Waals surface area contributed by atoms with Gasteiger partial charge in [-0.15, -0.1) is 11.8 Å². The van der Waals surface area contributed by atoms with E-state index in [0.29, 0.717) is 5.57 Å². The summed E-state index contributed by atoms with van der Waals surface area (Å²) in [4.78, 5) is 74.4. The molecule has 2 aromatic rings. The van der Waals surface area contributed by atoms with Gasteiger partial charge in [0, 0.05) is 17.7 Å². The van der Waals surface area contributed by atoms with Gasteiger partial charge in [0.1, 0.15) is 23.2 Å². The van der Waals surface area contributed by atoms with Crippen LogP contribution in [0, 0.1) is 0 Å². The van der Waals surface area contributed by atoms with E-state index in [2.05, 4.69) is 20.4 Å². The van der Waals surface area contributed by atoms with E-state index in [0.717, 1.165) is 34.1 Å². The fourth-order valence-corrected chi connectivity index (χ4v) is 6.78. The number of aliphatic carboxylic acids is 2. The Balaban J connectivity index is 1.54. The van der Waals surface area contributed by atoms with Gasteiger partial charge >= 0.3 is 22.7 Å². The SMILES string of the molecule is C[n+]1c(O)cc(=O)[nH]c1SCC1=C(C(=O)O)N2C(=O)C(NC(=O)/C(=N\OC(C)(C)C(=O)O)c3cnc(N)s3)C2SC1. The van der Waals surface area contributed by atoms with Crippen molar-refractivity contribution in [2.45, 2.75) is 36.0 Å². The molecule has 41 heavy (non-hydrogen) atoms. The van der Waals surface area contributed by atoms with Crippen LogP contribution >= 0.6 is 34.9 Å². The first-order chi connectivity index (χ1) is 19.2. The van der Waals surface area contributed by atoms with Gasteiger partial charge in [-0.25, -0.2) is 24.4 Å². The number of thioether (sulfide) groups is 2. The number of carbonyl (C=O) groups is 4. The van der Waals surface area contributed by atoms with Crippen LogP contribution in [0.25, 0.3) is 0 Å². The summed E-state index contributed by atoms with van der Waals surface area (Å²) in [5.41, 5.74) is 3.15. The number of hydrogen-bond acceptors (Lipinski definition) is 13. The Morgan fingerprint density at radius 1 is 1.37 bits per heavy atom. The maximum atomic E-state index is 13.2. The fraction of sp³-hybridized carbons (Fsp3) is 0.364. The summed E-state index contributed by atoms with van der Waals surface area (Å²) in [7, 11) is 1.52. The Kier molecular flexibility index (Phi) is 8.31. The number of aromatic nitrogens is 3. The highest BCUT2D eigenvalue weighted by Crippen LogP contribution is 2.41. The van der Waals surface area contributed by atoms with Crippen LogP contribution in [-0.2, 0) is 31.1 Å². The monoisotopic (exact) mass is 626 g/mol. The molecule has 1 saturated heterocycles. The molecule has 2 atom stereocenters. The highest BCUT2D eigenvalue weighted by Gasteiger charge is 2.54. The predicted molar refractivity (Wildman–Crippen MR) is 146 cm³/mol. The minimum Gasteiger partial charge on any atom is -0.478 e. The topological polar surface area (TPSA) is 241 Å². The van der Waals surface area contributed by atoms with E-state index >= 15 is 0 Å². The zero-order valence-corrected chi connectivity index (χ0v) is 24.1. The van der Waals surface area contributed by atoms with Crippen LogP contribution in [0.1, 0.15) is 18.7 Å². The first-order valence-electron chi connectivity index (χ1n) is 11.6. The Bertz CT molecular complexity index is 1570. The standard InChI is InChI=1S/C22H23N7O9S3/c1-22(2,19(36)37)38-27-12(9-5-24-20(23)41-9)15(32)26-13-16(33)29-14(18(34)35)8(6-39-17(13)29)7-40-21-25-10(30)4-11(31)28(21)3/h4-5,13,17H,6-7H2,1-3H3,(H6,23,24,26,27,30,31,32,34,35,36,37)/p+1. The van der Waals surface area contributed by atoms with Crippen molar-refractivity contribution in [3.63, 3.8) is 0 Å². The number of fused-ring (bicyclic) bond motifs is 1. The van der Waals surface area contributed by atoms with E-state index in [1.807, 2.05) is 0 Å². The summed E-state index contributed by atoms with van der Waals surface area (Å²) >= 11 is 3.19. The van der Waals surface area contributed by atoms with Gasteiger partial charge in [-0.2, -0.15) is 4.57 Å². The molecule has 0 aliphatic carbocycles. The maximum Gasteiger partial charge on any atom is 0.352 e. The van der Waals surface area contributed by atoms with Crippen LogP contribution in [0.15, 0.2) is 38.6 Å². The largest absolute Gasteiger partial charge is 0.478 e. The summed E-state index contributed by atoms with van der Waals surface area (Å²) in [6.07, 6.45) is 1.24. The van der Waals surface area contributed by atoms with E-state index in [4.69, 9.17) is 10.6 Å². The number of β-lactam (4-membered cyclic amide) rings is 1. The van der Waals surface area contributed by atoms with Crippen molar-refractivity contribution < 1.29 is 43.9 Å². The molecule has 0 spiro atoms. The molecular formula is C22H24N7O9S3+. The van der Waals surface area contributed by atoms with Gasteiger partial charge in [-0.1, -0.05) is 16.5 Å². The number of carboxylic acids is 2. The molecule has 0 saturated carbocycles. The first-order valence-corrected chi connectivity index (χ1v) is 14.4. The van der Waals surface area contributed by atoms with E-state index in [9.17, 15) is 39.3 Å². The second kappa shape index (κ2) is 11.4. The number of nitrogens with zero attached hydrogens (tertiary/aromatic N) is 4. The third-order valence-electron chi connectivity index (χ3n) is 5.91. The molecule has 4 heterocycles. The zero-order valence-electron chi connectivity index (χ0n) is 21.6. The minimum absolute atomic E-state index is 0.0930. The van der Waals surface area contributed by atoms with Crippen molar-refractivity contribution in [1.29, 1.82) is 0 Å². The van der Waals surface area contributed by atoms with E-state index in [-0.39, 0.29) is 44.0 Å². The van der Waals surface area contributed by atoms with Crippen molar-refractivity contribution in [3.8, 4) is 5.88 Å². The van der Waals surface area contributed by atoms with Gasteiger partial charge < -0.3 is 31.2 Å². The summed E-state index contributed by atoms with van der Waals surface area (Å²) < 4.78 is 1.32. The molecule has 2 aromatic heterocycles. The molecule has 2 unspecified atom stereocenters. The smallest absolute Gasteiger partial charge is 0.352 e. The highest BCUT2D eigenvalue weighted by molar-refractivity contribution is 8.01. The van der Waals surface area contributed by atoms with Crippen LogP contribution in [0.5, 0.6) is 5.88 Å². The summed E-state index contributed by atoms with van der Waals surface area (Å²) in [6, 6.07) is -0.112. The molecule has 16 nitrogen and oxygen atoms in total. The molecule has 1 fully saturated rings. The van der Waals surface area contributed by atoms with E-state index < -0.39 is 46.3 Å². The molecule has 0 radical (unpaired) electrons. The zero-order chi connectivity index (χ0) is 30.2. The summed E-state index contributed by atoms with van der Waals surface area (Å²) in [5.74, 6) is -4.22. The molecule has 19 heteroatoms. The quantitative estimate of drug-likeness (QED) is 0.0466. The van der Waals surface area contributed by atoms with Crippen molar-refractivity contribution in [2.24, 2.45) is 12.2 Å². The van der Waals surface area contributed by atoms with Gasteiger partial charge in [0.2, 0.25) is 5.60 Å². The number of H-pyrrole nitrogens is 1. The average Bonchev–Trinajstić information content (AvgIpc) is 3.33. The number of thiazole rings is 1. The second-order valence-electron chi connectivity index (χ2n) is 9.17. The van der Waals surface area contributed by atoms with Crippen LogP contribution < -0.4 is 21.2 Å². The lowest BCUT2D eigenvalue weighted by molar-refractivity contribution is -0.718. The molecule has 7 N–H and O–H groups in total. The number of nitrogen functional groups attached to an aromatic ring is 1. The molecule has 0 aromatic carbocycles. The Morgan fingerprint density at radius 2 is 2.07 bits per heavy atom. The molecule has 2 aliphatic heterocycles. The molecule has 4 rings (SSSR count). The number of amides is 2. The number of hydrogen-bond donors (Lipinski definition) is 6. The lowest BCUT2D eigenvalue weighted by atomic mass is 10.0. The minimum atomic E-state index is -1.78. The van der Waals surface area contributed by atoms with Crippen LogP contribution in [0.3, 0.4) is 0 Å². The molecule has 2 aliphatic rings. The van der Waals surface area contributed by atoms with Crippen molar-refractivity contribution >= 4 is 69.5 Å². The Hall–Kier alpha value is -4.10. The average molecular weight is 627 g/mol. The number of rotatable bonds is 10. The number of carboxylic acid groups (broad SMARTS) is 2. The van der Waals surface area contributed by atoms with Gasteiger partial charge in [-0.3, -0.25) is 14.5 Å². The van der Waals surface area contributed by atoms with Crippen molar-refractivity contribution in [3.05, 3.63) is 38.8 Å². The summed E-state index contributed by atoms with van der Waals surface area (Å²) in [5, 5.41) is 35.0. The molecule has 2 amide bonds. The lowest BCUT2D eigenvalue weighted by Crippen LogP contribution is -2.71. The van der Waals surface area contributed by atoms with Gasteiger partial charge in [0.25, 0.3) is 17.7 Å². The van der Waals surface area contributed by atoms with Gasteiger partial charge in [-0.05, 0) is 31.2 Å². The third-order valence-corrected chi connectivity index (χ3v) is 9.23. The van der Waals surface area contributed by atoms with Gasteiger partial charge in [0.15, 0.2) is 10.8 Å². The molecule has 0 bridgehead atoms. The highest BCUT2D eigenvalue weighted by atomic mass is 32.2. The molecular weight excluding hydrogens is 602 g/mol. The third kappa shape index (κ3) is 6.00. The number of aromatic amines is 1. The number of nitrogens with two attached hydrogens (primary N) is 1. The Morgan fingerprint density at radius 3 is 2.68 bits per heavy atom. The predicted octanol–water partition coefficient (Wildman–Crippen LogP) is -0.941. The van der Waals surface area contributed by atoms with Crippen LogP contribution in [0.4, 0.5) is 5.13 Å². The Labute approximate surface area is 243 Å². The number of nitrogens with one attached hydrogen (secondary N) is 2. The van der Waals surface area contributed by atoms with E-state index in [1.165, 1.54) is 43.4 Å². The normalized spacial score (nSPS) is 19.0. The van der Waals surface area contributed by atoms with Gasteiger partial charge in [0.05, 0.1) is 11.9 Å². The maximum absolute atomic E-state index is 13.2. The fourth-order valence-electron chi connectivity index (χ4n) is 3.63. The number of carbonyl (C=O) groups excluding carboxylic acids is 2. The number of aromatic hydroxyl groups is 1. The van der Waals surface area contributed by atoms with Crippen molar-refractivity contribution in [1.82, 2.24) is 20.2 Å². The first kappa shape index (κ1) is 29.9. The summed E-state index contributed by atoms with van der Waals surface area (Å²) in [6.45, 7) is 2.46. The van der Waals surface area contributed by atoms with Crippen LogP contribution in [-0.4, -0.2) is 88.2 Å². The lowest BCUT2D eigenvalue weighted by Gasteiger charge is -2.49.